The van der Waals surface area contributed by atoms with Crippen molar-refractivity contribution in [3.8, 4) is 0 Å². The number of nitrogens with one attached hydrogen (secondary N) is 1. The first-order valence-corrected chi connectivity index (χ1v) is 13.0. The molecule has 3 aromatic rings. The summed E-state index contributed by atoms with van der Waals surface area (Å²) < 4.78 is 24.7. The van der Waals surface area contributed by atoms with Gasteiger partial charge in [0.05, 0.1) is 24.9 Å². The second-order valence-corrected chi connectivity index (χ2v) is 11.1. The fourth-order valence-corrected chi connectivity index (χ4v) is 6.07. The number of carbonyl (C=O) groups is 1. The highest BCUT2D eigenvalue weighted by Gasteiger charge is 2.37. The van der Waals surface area contributed by atoms with Gasteiger partial charge in [-0.25, -0.2) is 0 Å². The molecule has 0 fully saturated rings. The Bertz CT molecular complexity index is 1000. The van der Waals surface area contributed by atoms with E-state index in [-0.39, 0.29) is 18.2 Å². The van der Waals surface area contributed by atoms with Crippen molar-refractivity contribution in [2.75, 3.05) is 20.4 Å². The Morgan fingerprint density at radius 2 is 1.33 bits per heavy atom. The fourth-order valence-electron chi connectivity index (χ4n) is 4.02. The van der Waals surface area contributed by atoms with Crippen LogP contribution >= 0.6 is 7.37 Å². The fraction of sp³-hybridized carbons (Fsp3) is 0.296. The molecule has 3 atom stereocenters. The Balaban J connectivity index is 1.85. The molecule has 5 nitrogen and oxygen atoms in total. The third kappa shape index (κ3) is 6.64. The van der Waals surface area contributed by atoms with E-state index in [4.69, 9.17) is 9.26 Å². The summed E-state index contributed by atoms with van der Waals surface area (Å²) >= 11 is 0. The number of esters is 1. The number of carbonyl (C=O) groups excluding carboxylic acids is 1. The number of hydrogen-bond donors (Lipinski definition) is 1. The van der Waals surface area contributed by atoms with Crippen molar-refractivity contribution in [1.82, 2.24) is 5.32 Å². The summed E-state index contributed by atoms with van der Waals surface area (Å²) in [6.07, 6.45) is 0.532. The minimum Gasteiger partial charge on any atom is -0.469 e. The molecular weight excluding hydrogens is 433 g/mol. The van der Waals surface area contributed by atoms with Crippen LogP contribution in [-0.2, 0) is 25.0 Å². The number of ether oxygens (including phenoxy) is 1. The highest BCUT2D eigenvalue weighted by Crippen LogP contribution is 2.52. The van der Waals surface area contributed by atoms with Crippen LogP contribution in [0.25, 0.3) is 0 Å². The maximum Gasteiger partial charge on any atom is 0.309 e. The summed E-state index contributed by atoms with van der Waals surface area (Å²) in [4.78, 5) is 12.6. The summed E-state index contributed by atoms with van der Waals surface area (Å²) in [5.41, 5.74) is 3.11. The van der Waals surface area contributed by atoms with Crippen LogP contribution in [0, 0.1) is 5.92 Å². The third-order valence-corrected chi connectivity index (χ3v) is 8.80. The first kappa shape index (κ1) is 24.9. The van der Waals surface area contributed by atoms with Crippen LogP contribution < -0.4 is 5.32 Å². The third-order valence-electron chi connectivity index (χ3n) is 5.91. The average Bonchev–Trinajstić information content (AvgIpc) is 2.87. The maximum atomic E-state index is 14.0. The molecule has 6 heteroatoms. The molecule has 0 heterocycles. The number of rotatable bonds is 11. The normalized spacial score (nSPS) is 14.9. The summed E-state index contributed by atoms with van der Waals surface area (Å²) in [6, 6.07) is 29.6. The van der Waals surface area contributed by atoms with Crippen LogP contribution in [0.15, 0.2) is 91.0 Å². The molecule has 0 aliphatic heterocycles. The predicted molar refractivity (Wildman–Crippen MR) is 132 cm³/mol. The summed E-state index contributed by atoms with van der Waals surface area (Å²) in [5.74, 6) is -1.44. The second-order valence-electron chi connectivity index (χ2n) is 8.10. The lowest BCUT2D eigenvalue weighted by atomic mass is 9.99. The van der Waals surface area contributed by atoms with Gasteiger partial charge in [0.1, 0.15) is 0 Å². The van der Waals surface area contributed by atoms with Gasteiger partial charge in [-0.2, -0.15) is 0 Å². The van der Waals surface area contributed by atoms with Crippen LogP contribution in [0.1, 0.15) is 29.7 Å². The Labute approximate surface area is 196 Å². The molecule has 0 aliphatic carbocycles. The van der Waals surface area contributed by atoms with Crippen molar-refractivity contribution in [2.45, 2.75) is 25.2 Å². The largest absolute Gasteiger partial charge is 0.469 e. The molecule has 0 aromatic heterocycles. The predicted octanol–water partition coefficient (Wildman–Crippen LogP) is 5.67. The first-order chi connectivity index (χ1) is 16.0. The van der Waals surface area contributed by atoms with Crippen LogP contribution in [0.4, 0.5) is 0 Å². The molecule has 174 valence electrons. The van der Waals surface area contributed by atoms with Gasteiger partial charge >= 0.3 is 5.97 Å². The molecular formula is C27H32NO4P. The smallest absolute Gasteiger partial charge is 0.309 e. The van der Waals surface area contributed by atoms with E-state index in [2.05, 4.69) is 5.32 Å². The van der Waals surface area contributed by atoms with Crippen molar-refractivity contribution in [2.24, 2.45) is 5.92 Å². The molecule has 0 saturated carbocycles. The quantitative estimate of drug-likeness (QED) is 0.292. The summed E-state index contributed by atoms with van der Waals surface area (Å²) in [5, 5.41) is 3.53. The zero-order valence-electron chi connectivity index (χ0n) is 19.4. The Morgan fingerprint density at radius 1 is 0.848 bits per heavy atom. The molecule has 3 aromatic carbocycles. The van der Waals surface area contributed by atoms with Gasteiger partial charge in [-0.3, -0.25) is 14.7 Å². The second kappa shape index (κ2) is 11.9. The van der Waals surface area contributed by atoms with Crippen LogP contribution in [-0.4, -0.2) is 32.1 Å². The van der Waals surface area contributed by atoms with Crippen LogP contribution in [0.3, 0.4) is 0 Å². The lowest BCUT2D eigenvalue weighted by Crippen LogP contribution is -2.34. The molecule has 0 saturated heterocycles. The van der Waals surface area contributed by atoms with Gasteiger partial charge in [0, 0.05) is 13.3 Å². The molecule has 0 aliphatic rings. The zero-order valence-corrected chi connectivity index (χ0v) is 20.3. The molecule has 0 bridgehead atoms. The van der Waals surface area contributed by atoms with Crippen molar-refractivity contribution in [1.29, 1.82) is 0 Å². The molecule has 0 amide bonds. The van der Waals surface area contributed by atoms with Gasteiger partial charge in [-0.15, -0.1) is 0 Å². The minimum atomic E-state index is -3.26. The van der Waals surface area contributed by atoms with Gasteiger partial charge in [-0.05, 0) is 30.0 Å². The molecule has 1 N–H and O–H groups in total. The van der Waals surface area contributed by atoms with E-state index in [1.165, 1.54) is 14.2 Å². The SMILES string of the molecule is COC(=O)C(Cc1ccccc1)CP(=O)(OC)C(C)NC(c1ccccc1)c1ccccc1. The van der Waals surface area contributed by atoms with Gasteiger partial charge < -0.3 is 9.26 Å². The minimum absolute atomic E-state index is 0.0928. The van der Waals surface area contributed by atoms with Gasteiger partial charge in [0.2, 0.25) is 7.37 Å². The first-order valence-electron chi connectivity index (χ1n) is 11.1. The van der Waals surface area contributed by atoms with Crippen LogP contribution in [0.5, 0.6) is 0 Å². The Hall–Kier alpha value is -2.72. The maximum absolute atomic E-state index is 14.0. The van der Waals surface area contributed by atoms with E-state index in [1.54, 1.807) is 0 Å². The van der Waals surface area contributed by atoms with Crippen molar-refractivity contribution >= 4 is 13.3 Å². The highest BCUT2D eigenvalue weighted by atomic mass is 31.2. The molecule has 0 spiro atoms. The molecule has 3 rings (SSSR count). The Morgan fingerprint density at radius 3 is 1.79 bits per heavy atom. The number of hydrogen-bond acceptors (Lipinski definition) is 5. The van der Waals surface area contributed by atoms with E-state index in [0.717, 1.165) is 16.7 Å². The van der Waals surface area contributed by atoms with E-state index in [0.29, 0.717) is 6.42 Å². The topological polar surface area (TPSA) is 64.6 Å². The zero-order chi connectivity index (χ0) is 23.7. The van der Waals surface area contributed by atoms with Crippen molar-refractivity contribution < 1.29 is 18.6 Å². The lowest BCUT2D eigenvalue weighted by molar-refractivity contribution is -0.144. The highest BCUT2D eigenvalue weighted by molar-refractivity contribution is 7.59. The van der Waals surface area contributed by atoms with Gasteiger partial charge in [-0.1, -0.05) is 91.0 Å². The molecule has 33 heavy (non-hydrogen) atoms. The average molecular weight is 466 g/mol. The van der Waals surface area contributed by atoms with Crippen molar-refractivity contribution in [3.63, 3.8) is 0 Å². The van der Waals surface area contributed by atoms with Crippen LogP contribution in [0.2, 0.25) is 0 Å². The van der Waals surface area contributed by atoms with Gasteiger partial charge in [0.25, 0.3) is 0 Å². The number of methoxy groups -OCH3 is 1. The lowest BCUT2D eigenvalue weighted by Gasteiger charge is -2.31. The van der Waals surface area contributed by atoms with E-state index in [9.17, 15) is 9.36 Å². The number of benzene rings is 3. The summed E-state index contributed by atoms with van der Waals surface area (Å²) in [7, 11) is -0.442. The standard InChI is InChI=1S/C27H32NO4P/c1-21(28-26(23-15-9-5-10-16-23)24-17-11-6-12-18-24)33(30,32-3)20-25(27(29)31-2)19-22-13-7-4-8-14-22/h4-18,21,25-26,28H,19-20H2,1-3H3. The Kier molecular flexibility index (Phi) is 9.02. The van der Waals surface area contributed by atoms with E-state index < -0.39 is 19.1 Å². The molecule has 3 unspecified atom stereocenters. The van der Waals surface area contributed by atoms with Gasteiger partial charge in [0.15, 0.2) is 0 Å². The summed E-state index contributed by atoms with van der Waals surface area (Å²) in [6.45, 7) is 1.86. The van der Waals surface area contributed by atoms with Crippen molar-refractivity contribution in [3.05, 3.63) is 108 Å². The molecule has 0 radical (unpaired) electrons. The van der Waals surface area contributed by atoms with E-state index >= 15 is 0 Å². The monoisotopic (exact) mass is 465 g/mol. The van der Waals surface area contributed by atoms with E-state index in [1.807, 2.05) is 97.9 Å².